The molecule has 2 heterocycles. The van der Waals surface area contributed by atoms with Gasteiger partial charge in [-0.05, 0) is 31.7 Å². The molecule has 1 saturated heterocycles. The van der Waals surface area contributed by atoms with E-state index in [0.717, 1.165) is 25.7 Å². The van der Waals surface area contributed by atoms with Crippen molar-refractivity contribution < 1.29 is 9.59 Å². The average Bonchev–Trinajstić information content (AvgIpc) is 2.79. The predicted molar refractivity (Wildman–Crippen MR) is 117 cm³/mol. The highest BCUT2D eigenvalue weighted by Gasteiger charge is 2.29. The van der Waals surface area contributed by atoms with Gasteiger partial charge < -0.3 is 10.2 Å². The SMILES string of the molecule is CCCCCn1nc(C(=O)N2CCC(C(=O)NCCC)CC2)c2ccccc2c1=O. The van der Waals surface area contributed by atoms with Gasteiger partial charge in [0.2, 0.25) is 5.91 Å². The number of aromatic nitrogens is 2. The Labute approximate surface area is 177 Å². The topological polar surface area (TPSA) is 84.3 Å². The van der Waals surface area contributed by atoms with E-state index in [-0.39, 0.29) is 23.3 Å². The van der Waals surface area contributed by atoms with Gasteiger partial charge in [-0.1, -0.05) is 44.9 Å². The molecule has 0 unspecified atom stereocenters. The highest BCUT2D eigenvalue weighted by atomic mass is 16.2. The molecule has 1 N–H and O–H groups in total. The van der Waals surface area contributed by atoms with Crippen molar-refractivity contribution in [3.8, 4) is 0 Å². The fourth-order valence-corrected chi connectivity index (χ4v) is 3.94. The Bertz CT molecular complexity index is 945. The van der Waals surface area contributed by atoms with Crippen LogP contribution in [0.2, 0.25) is 0 Å². The number of aryl methyl sites for hydroxylation is 1. The fourth-order valence-electron chi connectivity index (χ4n) is 3.94. The van der Waals surface area contributed by atoms with Crippen molar-refractivity contribution in [2.24, 2.45) is 5.92 Å². The third-order valence-electron chi connectivity index (χ3n) is 5.75. The van der Waals surface area contributed by atoms with Crippen molar-refractivity contribution in [2.45, 2.75) is 58.9 Å². The molecule has 2 amide bonds. The number of rotatable bonds is 8. The minimum atomic E-state index is -0.164. The van der Waals surface area contributed by atoms with E-state index in [1.165, 1.54) is 4.68 Å². The molecule has 1 fully saturated rings. The summed E-state index contributed by atoms with van der Waals surface area (Å²) in [6.45, 7) is 6.38. The lowest BCUT2D eigenvalue weighted by atomic mass is 9.95. The number of hydrogen-bond donors (Lipinski definition) is 1. The van der Waals surface area contributed by atoms with E-state index in [1.54, 1.807) is 17.0 Å². The Morgan fingerprint density at radius 3 is 2.43 bits per heavy atom. The Kier molecular flexibility index (Phi) is 7.60. The Balaban J connectivity index is 1.80. The molecule has 3 rings (SSSR count). The van der Waals surface area contributed by atoms with E-state index in [9.17, 15) is 14.4 Å². The number of nitrogens with one attached hydrogen (secondary N) is 1. The van der Waals surface area contributed by atoms with Gasteiger partial charge in [-0.3, -0.25) is 14.4 Å². The number of carbonyl (C=O) groups is 2. The van der Waals surface area contributed by atoms with Crippen LogP contribution in [-0.2, 0) is 11.3 Å². The second-order valence-electron chi connectivity index (χ2n) is 7.99. The van der Waals surface area contributed by atoms with Crippen molar-refractivity contribution >= 4 is 22.6 Å². The highest BCUT2D eigenvalue weighted by molar-refractivity contribution is 6.04. The summed E-state index contributed by atoms with van der Waals surface area (Å²) < 4.78 is 1.44. The minimum Gasteiger partial charge on any atom is -0.356 e. The predicted octanol–water partition coefficient (Wildman–Crippen LogP) is 2.97. The zero-order valence-corrected chi connectivity index (χ0v) is 18.0. The van der Waals surface area contributed by atoms with Gasteiger partial charge in [0.1, 0.15) is 0 Å². The number of likely N-dealkylation sites (tertiary alicyclic amines) is 1. The Morgan fingerprint density at radius 1 is 1.07 bits per heavy atom. The summed E-state index contributed by atoms with van der Waals surface area (Å²) in [6, 6.07) is 7.19. The Hall–Kier alpha value is -2.70. The number of benzene rings is 1. The lowest BCUT2D eigenvalue weighted by molar-refractivity contribution is -0.126. The largest absolute Gasteiger partial charge is 0.356 e. The molecule has 1 aliphatic heterocycles. The van der Waals surface area contributed by atoms with Crippen LogP contribution in [0.1, 0.15) is 62.9 Å². The molecule has 7 heteroatoms. The molecule has 0 saturated carbocycles. The summed E-state index contributed by atoms with van der Waals surface area (Å²) in [5.74, 6) is -0.131. The van der Waals surface area contributed by atoms with Crippen LogP contribution in [0.15, 0.2) is 29.1 Å². The summed E-state index contributed by atoms with van der Waals surface area (Å²) in [6.07, 6.45) is 5.13. The van der Waals surface area contributed by atoms with Gasteiger partial charge in [-0.25, -0.2) is 4.68 Å². The number of carbonyl (C=O) groups excluding carboxylic acids is 2. The zero-order chi connectivity index (χ0) is 21.5. The molecule has 0 aliphatic carbocycles. The third kappa shape index (κ3) is 4.89. The zero-order valence-electron chi connectivity index (χ0n) is 18.0. The second-order valence-corrected chi connectivity index (χ2v) is 7.99. The molecule has 1 aromatic carbocycles. The van der Waals surface area contributed by atoms with Crippen LogP contribution < -0.4 is 10.9 Å². The first-order valence-electron chi connectivity index (χ1n) is 11.1. The maximum atomic E-state index is 13.3. The van der Waals surface area contributed by atoms with Crippen LogP contribution in [0, 0.1) is 5.92 Å². The number of fused-ring (bicyclic) bond motifs is 1. The van der Waals surface area contributed by atoms with Crippen LogP contribution in [0.4, 0.5) is 0 Å². The number of unbranched alkanes of at least 4 members (excludes halogenated alkanes) is 2. The van der Waals surface area contributed by atoms with E-state index in [1.807, 2.05) is 19.1 Å². The van der Waals surface area contributed by atoms with Gasteiger partial charge in [0.15, 0.2) is 5.69 Å². The molecule has 1 aliphatic rings. The van der Waals surface area contributed by atoms with Gasteiger partial charge in [-0.15, -0.1) is 0 Å². The molecule has 0 radical (unpaired) electrons. The maximum absolute atomic E-state index is 13.3. The van der Waals surface area contributed by atoms with Gasteiger partial charge >= 0.3 is 0 Å². The van der Waals surface area contributed by atoms with Gasteiger partial charge in [-0.2, -0.15) is 5.10 Å². The van der Waals surface area contributed by atoms with Crippen molar-refractivity contribution in [1.29, 1.82) is 0 Å². The van der Waals surface area contributed by atoms with Gasteiger partial charge in [0.05, 0.1) is 5.39 Å². The van der Waals surface area contributed by atoms with Crippen molar-refractivity contribution in [2.75, 3.05) is 19.6 Å². The first kappa shape index (κ1) is 22.0. The monoisotopic (exact) mass is 412 g/mol. The van der Waals surface area contributed by atoms with E-state index < -0.39 is 0 Å². The summed E-state index contributed by atoms with van der Waals surface area (Å²) in [4.78, 5) is 40.1. The molecular weight excluding hydrogens is 380 g/mol. The van der Waals surface area contributed by atoms with Crippen molar-refractivity contribution in [3.05, 3.63) is 40.3 Å². The summed E-state index contributed by atoms with van der Waals surface area (Å²) in [5.41, 5.74) is 0.181. The lowest BCUT2D eigenvalue weighted by Gasteiger charge is -2.31. The average molecular weight is 413 g/mol. The number of amides is 2. The molecule has 30 heavy (non-hydrogen) atoms. The normalized spacial score (nSPS) is 14.8. The first-order valence-corrected chi connectivity index (χ1v) is 11.1. The van der Waals surface area contributed by atoms with Crippen molar-refractivity contribution in [1.82, 2.24) is 20.0 Å². The van der Waals surface area contributed by atoms with Gasteiger partial charge in [0.25, 0.3) is 11.5 Å². The van der Waals surface area contributed by atoms with E-state index in [0.29, 0.717) is 55.5 Å². The number of hydrogen-bond acceptors (Lipinski definition) is 4. The van der Waals surface area contributed by atoms with Crippen LogP contribution in [0.3, 0.4) is 0 Å². The summed E-state index contributed by atoms with van der Waals surface area (Å²) in [7, 11) is 0. The van der Waals surface area contributed by atoms with E-state index >= 15 is 0 Å². The second kappa shape index (κ2) is 10.4. The molecule has 2 aromatic rings. The highest BCUT2D eigenvalue weighted by Crippen LogP contribution is 2.21. The standard InChI is InChI=1S/C23H32N4O3/c1-3-5-8-14-27-22(29)19-10-7-6-9-18(19)20(25-27)23(30)26-15-11-17(12-16-26)21(28)24-13-4-2/h6-7,9-10,17H,3-5,8,11-16H2,1-2H3,(H,24,28). The van der Waals surface area contributed by atoms with E-state index in [2.05, 4.69) is 17.3 Å². The molecule has 0 spiro atoms. The maximum Gasteiger partial charge on any atom is 0.274 e. The van der Waals surface area contributed by atoms with Gasteiger partial charge in [0, 0.05) is 37.5 Å². The van der Waals surface area contributed by atoms with Crippen LogP contribution in [0.25, 0.3) is 10.8 Å². The first-order chi connectivity index (χ1) is 14.6. The fraction of sp³-hybridized carbons (Fsp3) is 0.565. The number of nitrogens with zero attached hydrogens (tertiary/aromatic N) is 3. The van der Waals surface area contributed by atoms with E-state index in [4.69, 9.17) is 0 Å². The quantitative estimate of drug-likeness (QED) is 0.676. The molecule has 7 nitrogen and oxygen atoms in total. The lowest BCUT2D eigenvalue weighted by Crippen LogP contribution is -2.44. The van der Waals surface area contributed by atoms with Crippen LogP contribution in [-0.4, -0.2) is 46.1 Å². The molecule has 0 atom stereocenters. The molecule has 0 bridgehead atoms. The third-order valence-corrected chi connectivity index (χ3v) is 5.75. The smallest absolute Gasteiger partial charge is 0.274 e. The Morgan fingerprint density at radius 2 is 1.77 bits per heavy atom. The summed E-state index contributed by atoms with van der Waals surface area (Å²) >= 11 is 0. The molecular formula is C23H32N4O3. The van der Waals surface area contributed by atoms with Crippen LogP contribution in [0.5, 0.6) is 0 Å². The van der Waals surface area contributed by atoms with Crippen LogP contribution >= 0.6 is 0 Å². The van der Waals surface area contributed by atoms with Crippen molar-refractivity contribution in [3.63, 3.8) is 0 Å². The number of piperidine rings is 1. The molecule has 1 aromatic heterocycles. The minimum absolute atomic E-state index is 0.0479. The summed E-state index contributed by atoms with van der Waals surface area (Å²) in [5, 5.41) is 8.55. The molecule has 162 valence electrons.